The minimum absolute atomic E-state index is 0.775. The molecule has 0 spiro atoms. The van der Waals surface area contributed by atoms with Crippen LogP contribution in [-0.2, 0) is 6.54 Å². The highest BCUT2D eigenvalue weighted by atomic mass is 15.1. The molecule has 1 aromatic heterocycles. The van der Waals surface area contributed by atoms with Crippen LogP contribution in [0.4, 0.5) is 0 Å². The summed E-state index contributed by atoms with van der Waals surface area (Å²) in [5.74, 6) is 0. The van der Waals surface area contributed by atoms with Crippen molar-refractivity contribution in [2.45, 2.75) is 38.8 Å². The Morgan fingerprint density at radius 1 is 1.43 bits per heavy atom. The van der Waals surface area contributed by atoms with Gasteiger partial charge in [0, 0.05) is 25.0 Å². The van der Waals surface area contributed by atoms with Gasteiger partial charge in [0.1, 0.15) is 0 Å². The molecule has 1 heterocycles. The van der Waals surface area contributed by atoms with Gasteiger partial charge in [-0.3, -0.25) is 14.9 Å². The standard InChI is InChI=1S/C11H17N3/c1-9-6-12-7-10(13-9)8-14(2)11-4-3-5-11/h6-7,11H,3-5,8H2,1-2H3. The van der Waals surface area contributed by atoms with Crippen molar-refractivity contribution >= 4 is 0 Å². The highest BCUT2D eigenvalue weighted by molar-refractivity contribution is 5.01. The molecular weight excluding hydrogens is 174 g/mol. The van der Waals surface area contributed by atoms with Crippen molar-refractivity contribution in [1.29, 1.82) is 0 Å². The van der Waals surface area contributed by atoms with Crippen LogP contribution in [0.25, 0.3) is 0 Å². The van der Waals surface area contributed by atoms with Gasteiger partial charge in [0.2, 0.25) is 0 Å². The fourth-order valence-electron chi connectivity index (χ4n) is 1.80. The van der Waals surface area contributed by atoms with E-state index in [1.165, 1.54) is 19.3 Å². The van der Waals surface area contributed by atoms with Crippen molar-refractivity contribution in [1.82, 2.24) is 14.9 Å². The lowest BCUT2D eigenvalue weighted by Gasteiger charge is -2.34. The van der Waals surface area contributed by atoms with Crippen LogP contribution >= 0.6 is 0 Å². The van der Waals surface area contributed by atoms with Crippen molar-refractivity contribution in [3.8, 4) is 0 Å². The Balaban J connectivity index is 1.95. The number of aromatic nitrogens is 2. The third kappa shape index (κ3) is 2.10. The Morgan fingerprint density at radius 2 is 2.21 bits per heavy atom. The summed E-state index contributed by atoms with van der Waals surface area (Å²) in [4.78, 5) is 11.0. The van der Waals surface area contributed by atoms with E-state index in [1.54, 1.807) is 6.20 Å². The van der Waals surface area contributed by atoms with Gasteiger partial charge in [0.25, 0.3) is 0 Å². The number of hydrogen-bond donors (Lipinski definition) is 0. The second kappa shape index (κ2) is 4.05. The largest absolute Gasteiger partial charge is 0.298 e. The Hall–Kier alpha value is -0.960. The normalized spacial score (nSPS) is 17.1. The molecule has 0 bridgehead atoms. The van der Waals surface area contributed by atoms with Gasteiger partial charge in [-0.25, -0.2) is 0 Å². The SMILES string of the molecule is Cc1cncc(CN(C)C2CCC2)n1. The molecule has 0 saturated heterocycles. The summed E-state index contributed by atoms with van der Waals surface area (Å²) in [5, 5.41) is 0. The molecule has 1 aliphatic carbocycles. The maximum atomic E-state index is 4.45. The topological polar surface area (TPSA) is 29.0 Å². The maximum absolute atomic E-state index is 4.45. The summed E-state index contributed by atoms with van der Waals surface area (Å²) in [7, 11) is 2.17. The molecule has 14 heavy (non-hydrogen) atoms. The first kappa shape index (κ1) is 9.59. The van der Waals surface area contributed by atoms with Crippen molar-refractivity contribution in [2.75, 3.05) is 7.05 Å². The quantitative estimate of drug-likeness (QED) is 0.729. The molecule has 3 nitrogen and oxygen atoms in total. The van der Waals surface area contributed by atoms with E-state index in [2.05, 4.69) is 21.9 Å². The van der Waals surface area contributed by atoms with Gasteiger partial charge in [-0.05, 0) is 26.8 Å². The molecule has 1 saturated carbocycles. The van der Waals surface area contributed by atoms with E-state index in [4.69, 9.17) is 0 Å². The summed E-state index contributed by atoms with van der Waals surface area (Å²) in [6, 6.07) is 0.775. The first-order chi connectivity index (χ1) is 6.75. The van der Waals surface area contributed by atoms with Crippen molar-refractivity contribution in [3.63, 3.8) is 0 Å². The molecule has 0 atom stereocenters. The Morgan fingerprint density at radius 3 is 2.79 bits per heavy atom. The summed E-state index contributed by atoms with van der Waals surface area (Å²) >= 11 is 0. The van der Waals surface area contributed by atoms with E-state index >= 15 is 0 Å². The molecule has 0 N–H and O–H groups in total. The van der Waals surface area contributed by atoms with E-state index in [9.17, 15) is 0 Å². The molecule has 0 unspecified atom stereocenters. The second-order valence-corrected chi connectivity index (χ2v) is 4.15. The lowest BCUT2D eigenvalue weighted by atomic mass is 9.92. The van der Waals surface area contributed by atoms with Gasteiger partial charge in [0.05, 0.1) is 11.4 Å². The van der Waals surface area contributed by atoms with Crippen molar-refractivity contribution in [3.05, 3.63) is 23.8 Å². The molecule has 1 aliphatic rings. The molecule has 0 radical (unpaired) electrons. The summed E-state index contributed by atoms with van der Waals surface area (Å²) in [5.41, 5.74) is 2.09. The predicted molar refractivity (Wildman–Crippen MR) is 55.9 cm³/mol. The molecule has 0 aromatic carbocycles. The van der Waals surface area contributed by atoms with Crippen LogP contribution in [0.5, 0.6) is 0 Å². The Kier molecular flexibility index (Phi) is 2.77. The third-order valence-corrected chi connectivity index (χ3v) is 2.91. The Bertz CT molecular complexity index is 307. The first-order valence-electron chi connectivity index (χ1n) is 5.23. The average molecular weight is 191 g/mol. The average Bonchev–Trinajstić information content (AvgIpc) is 1.99. The molecule has 0 amide bonds. The van der Waals surface area contributed by atoms with Gasteiger partial charge in [-0.1, -0.05) is 6.42 Å². The van der Waals surface area contributed by atoms with E-state index < -0.39 is 0 Å². The minimum Gasteiger partial charge on any atom is -0.298 e. The molecule has 1 aromatic rings. The number of rotatable bonds is 3. The van der Waals surface area contributed by atoms with Crippen LogP contribution in [0.2, 0.25) is 0 Å². The van der Waals surface area contributed by atoms with E-state index in [-0.39, 0.29) is 0 Å². The van der Waals surface area contributed by atoms with Gasteiger partial charge < -0.3 is 0 Å². The second-order valence-electron chi connectivity index (χ2n) is 4.15. The van der Waals surface area contributed by atoms with E-state index in [0.29, 0.717) is 0 Å². The van der Waals surface area contributed by atoms with Gasteiger partial charge >= 0.3 is 0 Å². The number of aryl methyl sites for hydroxylation is 1. The third-order valence-electron chi connectivity index (χ3n) is 2.91. The van der Waals surface area contributed by atoms with E-state index in [0.717, 1.165) is 24.0 Å². The van der Waals surface area contributed by atoms with Crippen LogP contribution in [0.15, 0.2) is 12.4 Å². The van der Waals surface area contributed by atoms with Crippen LogP contribution in [0.1, 0.15) is 30.7 Å². The van der Waals surface area contributed by atoms with Gasteiger partial charge in [0.15, 0.2) is 0 Å². The lowest BCUT2D eigenvalue weighted by Crippen LogP contribution is -2.36. The van der Waals surface area contributed by atoms with Crippen LogP contribution in [0.3, 0.4) is 0 Å². The number of nitrogens with zero attached hydrogens (tertiary/aromatic N) is 3. The maximum Gasteiger partial charge on any atom is 0.0730 e. The fraction of sp³-hybridized carbons (Fsp3) is 0.636. The zero-order valence-corrected chi connectivity index (χ0v) is 8.90. The summed E-state index contributed by atoms with van der Waals surface area (Å²) < 4.78 is 0. The minimum atomic E-state index is 0.775. The fourth-order valence-corrected chi connectivity index (χ4v) is 1.80. The summed E-state index contributed by atoms with van der Waals surface area (Å²) in [6.45, 7) is 2.92. The van der Waals surface area contributed by atoms with Gasteiger partial charge in [-0.15, -0.1) is 0 Å². The first-order valence-corrected chi connectivity index (χ1v) is 5.23. The molecule has 2 rings (SSSR count). The zero-order chi connectivity index (χ0) is 9.97. The molecule has 0 aliphatic heterocycles. The molecule has 3 heteroatoms. The number of hydrogen-bond acceptors (Lipinski definition) is 3. The highest BCUT2D eigenvalue weighted by Crippen LogP contribution is 2.24. The molecule has 1 fully saturated rings. The summed E-state index contributed by atoms with van der Waals surface area (Å²) in [6.07, 6.45) is 7.73. The van der Waals surface area contributed by atoms with Crippen LogP contribution in [0, 0.1) is 6.92 Å². The van der Waals surface area contributed by atoms with Crippen LogP contribution in [-0.4, -0.2) is 28.0 Å². The van der Waals surface area contributed by atoms with Crippen molar-refractivity contribution in [2.24, 2.45) is 0 Å². The smallest absolute Gasteiger partial charge is 0.0730 e. The highest BCUT2D eigenvalue weighted by Gasteiger charge is 2.21. The van der Waals surface area contributed by atoms with Crippen molar-refractivity contribution < 1.29 is 0 Å². The zero-order valence-electron chi connectivity index (χ0n) is 8.90. The predicted octanol–water partition coefficient (Wildman–Crippen LogP) is 1.77. The van der Waals surface area contributed by atoms with Crippen LogP contribution < -0.4 is 0 Å². The lowest BCUT2D eigenvalue weighted by molar-refractivity contribution is 0.151. The molecule has 76 valence electrons. The monoisotopic (exact) mass is 191 g/mol. The molecular formula is C11H17N3. The Labute approximate surface area is 85.2 Å². The van der Waals surface area contributed by atoms with E-state index in [1.807, 2.05) is 13.1 Å². The van der Waals surface area contributed by atoms with Gasteiger partial charge in [-0.2, -0.15) is 0 Å².